The van der Waals surface area contributed by atoms with Crippen molar-refractivity contribution in [1.82, 2.24) is 39.7 Å². The molecule has 0 aliphatic carbocycles. The van der Waals surface area contributed by atoms with Crippen LogP contribution in [0.5, 0.6) is 0 Å². The molecule has 0 amide bonds. The lowest BCUT2D eigenvalue weighted by Crippen LogP contribution is -2.08. The summed E-state index contributed by atoms with van der Waals surface area (Å²) >= 11 is 0. The van der Waals surface area contributed by atoms with E-state index < -0.39 is 0 Å². The Kier molecular flexibility index (Phi) is 4.22. The van der Waals surface area contributed by atoms with Crippen LogP contribution in [0.1, 0.15) is 5.69 Å². The summed E-state index contributed by atoms with van der Waals surface area (Å²) in [6, 6.07) is 14.2. The number of fused-ring (bicyclic) bond motifs is 2. The Morgan fingerprint density at radius 2 is 1.85 bits per heavy atom. The molecule has 9 heteroatoms. The molecule has 0 fully saturated rings. The molecule has 2 N–H and O–H groups in total. The van der Waals surface area contributed by atoms with Crippen LogP contribution in [0.4, 0.5) is 5.69 Å². The maximum atomic E-state index is 4.93. The van der Waals surface area contributed by atoms with E-state index in [2.05, 4.69) is 48.2 Å². The van der Waals surface area contributed by atoms with Crippen LogP contribution in [0.2, 0.25) is 0 Å². The number of nitrogens with one attached hydrogen (secondary N) is 2. The number of H-pyrrole nitrogens is 2. The monoisotopic (exact) mass is 435 g/mol. The lowest BCUT2D eigenvalue weighted by molar-refractivity contribution is 1.00. The number of pyridine rings is 2. The fraction of sp³-hybridized carbons (Fsp3) is 0.125. The predicted molar refractivity (Wildman–Crippen MR) is 128 cm³/mol. The van der Waals surface area contributed by atoms with Crippen molar-refractivity contribution in [1.29, 1.82) is 0 Å². The third kappa shape index (κ3) is 3.21. The predicted octanol–water partition coefficient (Wildman–Crippen LogP) is 4.12. The minimum absolute atomic E-state index is 0.633. The summed E-state index contributed by atoms with van der Waals surface area (Å²) in [5.41, 5.74) is 7.84. The van der Waals surface area contributed by atoms with E-state index in [1.165, 1.54) is 0 Å². The third-order valence-electron chi connectivity index (χ3n) is 5.63. The number of anilines is 1. The van der Waals surface area contributed by atoms with Crippen molar-refractivity contribution in [2.24, 2.45) is 0 Å². The number of rotatable bonds is 4. The Bertz CT molecular complexity index is 1620. The lowest BCUT2D eigenvalue weighted by atomic mass is 10.1. The van der Waals surface area contributed by atoms with Crippen LogP contribution in [-0.4, -0.2) is 53.8 Å². The second-order valence-electron chi connectivity index (χ2n) is 8.15. The van der Waals surface area contributed by atoms with Crippen molar-refractivity contribution >= 4 is 27.8 Å². The first-order chi connectivity index (χ1) is 16.1. The Balaban J connectivity index is 1.48. The SMILES string of the molecule is Cc1cn(-c2nccc3[nH]c(-c4n[nH]c5ccc(-c6cccc(N(C)C)c6)nc45)nc23)cn1. The lowest BCUT2D eigenvalue weighted by Gasteiger charge is -2.13. The number of aromatic amines is 2. The molecule has 6 rings (SSSR count). The zero-order valence-electron chi connectivity index (χ0n) is 18.4. The molecular weight excluding hydrogens is 414 g/mol. The van der Waals surface area contributed by atoms with Gasteiger partial charge in [0, 0.05) is 37.7 Å². The highest BCUT2D eigenvalue weighted by molar-refractivity contribution is 5.92. The topological polar surface area (TPSA) is 104 Å². The molecule has 9 nitrogen and oxygen atoms in total. The average molecular weight is 435 g/mol. The van der Waals surface area contributed by atoms with Gasteiger partial charge in [0.2, 0.25) is 0 Å². The van der Waals surface area contributed by atoms with Gasteiger partial charge in [0.25, 0.3) is 0 Å². The summed E-state index contributed by atoms with van der Waals surface area (Å²) in [7, 11) is 4.05. The van der Waals surface area contributed by atoms with Gasteiger partial charge < -0.3 is 9.88 Å². The molecule has 0 bridgehead atoms. The van der Waals surface area contributed by atoms with Gasteiger partial charge >= 0.3 is 0 Å². The molecule has 5 aromatic heterocycles. The van der Waals surface area contributed by atoms with Gasteiger partial charge in [-0.3, -0.25) is 9.67 Å². The number of aromatic nitrogens is 8. The van der Waals surface area contributed by atoms with E-state index in [4.69, 9.17) is 9.97 Å². The molecule has 0 aliphatic heterocycles. The molecule has 0 unspecified atom stereocenters. The van der Waals surface area contributed by atoms with Crippen molar-refractivity contribution in [3.8, 4) is 28.6 Å². The van der Waals surface area contributed by atoms with Crippen molar-refractivity contribution in [2.75, 3.05) is 19.0 Å². The van der Waals surface area contributed by atoms with Crippen LogP contribution in [-0.2, 0) is 0 Å². The first-order valence-corrected chi connectivity index (χ1v) is 10.6. The van der Waals surface area contributed by atoms with Crippen LogP contribution in [0.15, 0.2) is 61.2 Å². The minimum Gasteiger partial charge on any atom is -0.378 e. The van der Waals surface area contributed by atoms with E-state index in [9.17, 15) is 0 Å². The highest BCUT2D eigenvalue weighted by Crippen LogP contribution is 2.29. The summed E-state index contributed by atoms with van der Waals surface area (Å²) in [5.74, 6) is 1.35. The quantitative estimate of drug-likeness (QED) is 0.432. The molecule has 0 radical (unpaired) electrons. The number of imidazole rings is 2. The number of hydrogen-bond donors (Lipinski definition) is 2. The van der Waals surface area contributed by atoms with Crippen LogP contribution in [0.3, 0.4) is 0 Å². The zero-order valence-corrected chi connectivity index (χ0v) is 18.4. The maximum absolute atomic E-state index is 4.93. The van der Waals surface area contributed by atoms with Crippen molar-refractivity contribution < 1.29 is 0 Å². The first-order valence-electron chi connectivity index (χ1n) is 10.6. The fourth-order valence-corrected chi connectivity index (χ4v) is 3.93. The van der Waals surface area contributed by atoms with Crippen molar-refractivity contribution in [2.45, 2.75) is 6.92 Å². The molecule has 162 valence electrons. The summed E-state index contributed by atoms with van der Waals surface area (Å²) < 4.78 is 1.87. The third-order valence-corrected chi connectivity index (χ3v) is 5.63. The van der Waals surface area contributed by atoms with Crippen LogP contribution in [0.25, 0.3) is 50.7 Å². The summed E-state index contributed by atoms with van der Waals surface area (Å²) in [6.07, 6.45) is 5.42. The van der Waals surface area contributed by atoms with E-state index in [1.807, 2.05) is 56.0 Å². The van der Waals surface area contributed by atoms with Crippen LogP contribution in [0, 0.1) is 6.92 Å². The number of nitrogens with zero attached hydrogens (tertiary/aromatic N) is 7. The number of aryl methyl sites for hydroxylation is 1. The summed E-state index contributed by atoms with van der Waals surface area (Å²) in [5, 5.41) is 7.60. The van der Waals surface area contributed by atoms with Gasteiger partial charge in [-0.15, -0.1) is 0 Å². The molecule has 33 heavy (non-hydrogen) atoms. The van der Waals surface area contributed by atoms with Gasteiger partial charge in [-0.1, -0.05) is 12.1 Å². The van der Waals surface area contributed by atoms with Gasteiger partial charge in [-0.2, -0.15) is 5.10 Å². The first kappa shape index (κ1) is 19.2. The van der Waals surface area contributed by atoms with Crippen LogP contribution < -0.4 is 4.90 Å². The molecular formula is C24H21N9. The average Bonchev–Trinajstić information content (AvgIpc) is 3.55. The van der Waals surface area contributed by atoms with E-state index in [-0.39, 0.29) is 0 Å². The summed E-state index contributed by atoms with van der Waals surface area (Å²) in [6.45, 7) is 1.94. The highest BCUT2D eigenvalue weighted by atomic mass is 15.2. The van der Waals surface area contributed by atoms with E-state index in [0.717, 1.165) is 44.7 Å². The van der Waals surface area contributed by atoms with E-state index in [1.54, 1.807) is 12.5 Å². The highest BCUT2D eigenvalue weighted by Gasteiger charge is 2.17. The van der Waals surface area contributed by atoms with Gasteiger partial charge in [0.05, 0.1) is 22.4 Å². The maximum Gasteiger partial charge on any atom is 0.166 e. The van der Waals surface area contributed by atoms with Gasteiger partial charge in [0.15, 0.2) is 17.3 Å². The minimum atomic E-state index is 0.633. The molecule has 0 aliphatic rings. The second-order valence-corrected chi connectivity index (χ2v) is 8.15. The van der Waals surface area contributed by atoms with Crippen molar-refractivity contribution in [3.05, 3.63) is 66.9 Å². The van der Waals surface area contributed by atoms with E-state index >= 15 is 0 Å². The molecule has 1 aromatic carbocycles. The summed E-state index contributed by atoms with van der Waals surface area (Å²) in [4.78, 5) is 24.0. The Labute approximate surface area is 189 Å². The Hall–Kier alpha value is -4.53. The second kappa shape index (κ2) is 7.27. The van der Waals surface area contributed by atoms with Gasteiger partial charge in [-0.05, 0) is 37.3 Å². The molecule has 0 spiro atoms. The van der Waals surface area contributed by atoms with E-state index in [0.29, 0.717) is 17.3 Å². The molecule has 0 saturated heterocycles. The number of benzene rings is 1. The van der Waals surface area contributed by atoms with Gasteiger partial charge in [0.1, 0.15) is 17.4 Å². The molecule has 0 atom stereocenters. The largest absolute Gasteiger partial charge is 0.378 e. The Morgan fingerprint density at radius 3 is 2.67 bits per heavy atom. The van der Waals surface area contributed by atoms with Crippen LogP contribution >= 0.6 is 0 Å². The smallest absolute Gasteiger partial charge is 0.166 e. The molecule has 6 aromatic rings. The fourth-order valence-electron chi connectivity index (χ4n) is 3.93. The molecule has 5 heterocycles. The molecule has 0 saturated carbocycles. The normalized spacial score (nSPS) is 11.5. The number of hydrogen-bond acceptors (Lipinski definition) is 6. The van der Waals surface area contributed by atoms with Gasteiger partial charge in [-0.25, -0.2) is 19.9 Å². The zero-order chi connectivity index (χ0) is 22.5. The standard InChI is InChI=1S/C24H21N9/c1-14-12-33(13-26-14)24-21-18(9-10-25-24)28-23(29-21)22-20-19(30-31-22)8-7-17(27-20)15-5-4-6-16(11-15)32(2)3/h4-13H,1-3H3,(H,28,29)(H,30,31). The van der Waals surface area contributed by atoms with Crippen molar-refractivity contribution in [3.63, 3.8) is 0 Å². The Morgan fingerprint density at radius 1 is 0.939 bits per heavy atom.